The van der Waals surface area contributed by atoms with E-state index in [9.17, 15) is 9.18 Å². The van der Waals surface area contributed by atoms with Crippen molar-refractivity contribution in [1.29, 1.82) is 0 Å². The highest BCUT2D eigenvalue weighted by Crippen LogP contribution is 2.39. The zero-order valence-corrected chi connectivity index (χ0v) is 12.1. The molecule has 3 nitrogen and oxygen atoms in total. The van der Waals surface area contributed by atoms with Gasteiger partial charge >= 0.3 is 0 Å². The van der Waals surface area contributed by atoms with Gasteiger partial charge in [0.1, 0.15) is 5.82 Å². The van der Waals surface area contributed by atoms with E-state index in [2.05, 4.69) is 24.5 Å². The molecule has 1 aromatic rings. The van der Waals surface area contributed by atoms with Crippen molar-refractivity contribution in [3.8, 4) is 0 Å². The van der Waals surface area contributed by atoms with Gasteiger partial charge < -0.3 is 10.6 Å². The van der Waals surface area contributed by atoms with E-state index >= 15 is 0 Å². The van der Waals surface area contributed by atoms with Crippen LogP contribution in [-0.4, -0.2) is 11.9 Å². The van der Waals surface area contributed by atoms with Gasteiger partial charge in [-0.25, -0.2) is 4.39 Å². The fourth-order valence-corrected chi connectivity index (χ4v) is 3.29. The molecule has 108 valence electrons. The van der Waals surface area contributed by atoms with Crippen LogP contribution >= 0.6 is 0 Å². The van der Waals surface area contributed by atoms with E-state index in [4.69, 9.17) is 0 Å². The first-order valence-electron chi connectivity index (χ1n) is 7.32. The lowest BCUT2D eigenvalue weighted by molar-refractivity contribution is -0.116. The Kier molecular flexibility index (Phi) is 3.19. The summed E-state index contributed by atoms with van der Waals surface area (Å²) in [4.78, 5) is 11.4. The molecule has 1 aromatic carbocycles. The third kappa shape index (κ3) is 2.65. The van der Waals surface area contributed by atoms with E-state index in [1.54, 1.807) is 12.1 Å². The maximum Gasteiger partial charge on any atom is 0.224 e. The summed E-state index contributed by atoms with van der Waals surface area (Å²) >= 11 is 0. The number of anilines is 2. The predicted molar refractivity (Wildman–Crippen MR) is 78.4 cm³/mol. The maximum absolute atomic E-state index is 14.1. The molecule has 2 N–H and O–H groups in total. The number of benzene rings is 1. The lowest BCUT2D eigenvalue weighted by atomic mass is 9.92. The topological polar surface area (TPSA) is 41.1 Å². The SMILES string of the molecule is CC1(C)CCC(Nc2cc3c(cc2F)CCC(=O)N3)C1. The summed E-state index contributed by atoms with van der Waals surface area (Å²) in [6.45, 7) is 4.50. The molecule has 20 heavy (non-hydrogen) atoms. The fraction of sp³-hybridized carbons (Fsp3) is 0.562. The van der Waals surface area contributed by atoms with Crippen LogP contribution in [-0.2, 0) is 11.2 Å². The second-order valence-electron chi connectivity index (χ2n) is 6.79. The number of hydrogen-bond acceptors (Lipinski definition) is 2. The van der Waals surface area contributed by atoms with Crippen LogP contribution in [0, 0.1) is 11.2 Å². The van der Waals surface area contributed by atoms with Crippen molar-refractivity contribution in [2.45, 2.75) is 52.0 Å². The smallest absolute Gasteiger partial charge is 0.224 e. The van der Waals surface area contributed by atoms with E-state index in [-0.39, 0.29) is 11.7 Å². The molecule has 4 heteroatoms. The van der Waals surface area contributed by atoms with Crippen molar-refractivity contribution in [3.05, 3.63) is 23.5 Å². The summed E-state index contributed by atoms with van der Waals surface area (Å²) in [6.07, 6.45) is 4.34. The summed E-state index contributed by atoms with van der Waals surface area (Å²) in [7, 11) is 0. The minimum Gasteiger partial charge on any atom is -0.380 e. The van der Waals surface area contributed by atoms with Crippen molar-refractivity contribution >= 4 is 17.3 Å². The average molecular weight is 276 g/mol. The Balaban J connectivity index is 1.80. The number of carbonyl (C=O) groups excluding carboxylic acids is 1. The molecule has 1 heterocycles. The van der Waals surface area contributed by atoms with Crippen LogP contribution in [0.5, 0.6) is 0 Å². The van der Waals surface area contributed by atoms with Crippen LogP contribution in [0.15, 0.2) is 12.1 Å². The number of fused-ring (bicyclic) bond motifs is 1. The number of hydrogen-bond donors (Lipinski definition) is 2. The Morgan fingerprint density at radius 3 is 2.85 bits per heavy atom. The molecule has 0 spiro atoms. The van der Waals surface area contributed by atoms with Crippen LogP contribution in [0.3, 0.4) is 0 Å². The third-order valence-corrected chi connectivity index (χ3v) is 4.42. The van der Waals surface area contributed by atoms with E-state index in [1.807, 2.05) is 0 Å². The molecular weight excluding hydrogens is 255 g/mol. The maximum atomic E-state index is 14.1. The molecule has 1 atom stereocenters. The Labute approximate surface area is 118 Å². The van der Waals surface area contributed by atoms with Crippen LogP contribution in [0.25, 0.3) is 0 Å². The van der Waals surface area contributed by atoms with Gasteiger partial charge in [-0.15, -0.1) is 0 Å². The number of nitrogens with one attached hydrogen (secondary N) is 2. The first-order chi connectivity index (χ1) is 9.43. The monoisotopic (exact) mass is 276 g/mol. The Morgan fingerprint density at radius 1 is 1.35 bits per heavy atom. The van der Waals surface area contributed by atoms with Crippen molar-refractivity contribution in [2.75, 3.05) is 10.6 Å². The Morgan fingerprint density at radius 2 is 2.15 bits per heavy atom. The molecule has 1 saturated carbocycles. The molecule has 1 unspecified atom stereocenters. The first-order valence-corrected chi connectivity index (χ1v) is 7.32. The standard InChI is InChI=1S/C16H21FN2O/c1-16(2)6-5-11(9-16)18-14-8-13-10(7-12(14)17)3-4-15(20)19-13/h7-8,11,18H,3-6,9H2,1-2H3,(H,19,20). The van der Waals surface area contributed by atoms with Crippen molar-refractivity contribution in [2.24, 2.45) is 5.41 Å². The van der Waals surface area contributed by atoms with E-state index in [1.165, 1.54) is 0 Å². The van der Waals surface area contributed by atoms with Gasteiger partial charge in [0.15, 0.2) is 0 Å². The molecule has 3 rings (SSSR count). The van der Waals surface area contributed by atoms with E-state index in [0.29, 0.717) is 30.0 Å². The fourth-order valence-electron chi connectivity index (χ4n) is 3.29. The number of carbonyl (C=O) groups is 1. The molecule has 2 aliphatic rings. The van der Waals surface area contributed by atoms with Crippen molar-refractivity contribution in [3.63, 3.8) is 0 Å². The second kappa shape index (κ2) is 4.76. The van der Waals surface area contributed by atoms with Gasteiger partial charge in [0.05, 0.1) is 5.69 Å². The predicted octanol–water partition coefficient (Wildman–Crippen LogP) is 3.70. The molecule has 1 aliphatic carbocycles. The molecular formula is C16H21FN2O. The van der Waals surface area contributed by atoms with Crippen LogP contribution in [0.1, 0.15) is 45.1 Å². The van der Waals surface area contributed by atoms with Gasteiger partial charge in [0.2, 0.25) is 5.91 Å². The Hall–Kier alpha value is -1.58. The molecule has 1 aliphatic heterocycles. The lowest BCUT2D eigenvalue weighted by Crippen LogP contribution is -2.21. The zero-order valence-electron chi connectivity index (χ0n) is 12.1. The van der Waals surface area contributed by atoms with E-state index in [0.717, 1.165) is 30.5 Å². The van der Waals surface area contributed by atoms with Crippen LogP contribution in [0.2, 0.25) is 0 Å². The normalized spacial score (nSPS) is 24.1. The summed E-state index contributed by atoms with van der Waals surface area (Å²) < 4.78 is 14.1. The highest BCUT2D eigenvalue weighted by molar-refractivity contribution is 5.94. The van der Waals surface area contributed by atoms with Gasteiger partial charge in [-0.2, -0.15) is 0 Å². The lowest BCUT2D eigenvalue weighted by Gasteiger charge is -2.22. The summed E-state index contributed by atoms with van der Waals surface area (Å²) in [5.74, 6) is -0.207. The van der Waals surface area contributed by atoms with Gasteiger partial charge in [0, 0.05) is 18.2 Å². The second-order valence-corrected chi connectivity index (χ2v) is 6.79. The first kappa shape index (κ1) is 13.4. The summed E-state index contributed by atoms with van der Waals surface area (Å²) in [5.41, 5.74) is 2.48. The summed E-state index contributed by atoms with van der Waals surface area (Å²) in [5, 5.41) is 6.13. The molecule has 0 radical (unpaired) electrons. The molecule has 1 fully saturated rings. The van der Waals surface area contributed by atoms with E-state index < -0.39 is 0 Å². The Bertz CT molecular complexity index is 554. The molecule has 0 bridgehead atoms. The average Bonchev–Trinajstić information content (AvgIpc) is 2.70. The minimum absolute atomic E-state index is 0.0112. The largest absolute Gasteiger partial charge is 0.380 e. The highest BCUT2D eigenvalue weighted by atomic mass is 19.1. The van der Waals surface area contributed by atoms with Crippen molar-refractivity contribution < 1.29 is 9.18 Å². The number of amides is 1. The minimum atomic E-state index is -0.218. The number of rotatable bonds is 2. The highest BCUT2D eigenvalue weighted by Gasteiger charge is 2.31. The van der Waals surface area contributed by atoms with Gasteiger partial charge in [-0.3, -0.25) is 4.79 Å². The zero-order chi connectivity index (χ0) is 14.3. The van der Waals surface area contributed by atoms with Gasteiger partial charge in [0.25, 0.3) is 0 Å². The molecule has 0 aromatic heterocycles. The van der Waals surface area contributed by atoms with Crippen molar-refractivity contribution in [1.82, 2.24) is 0 Å². The van der Waals surface area contributed by atoms with Gasteiger partial charge in [-0.1, -0.05) is 13.8 Å². The molecule has 0 saturated heterocycles. The summed E-state index contributed by atoms with van der Waals surface area (Å²) in [6, 6.07) is 3.61. The van der Waals surface area contributed by atoms with Crippen LogP contribution in [0.4, 0.5) is 15.8 Å². The molecule has 1 amide bonds. The number of halogens is 1. The van der Waals surface area contributed by atoms with Crippen LogP contribution < -0.4 is 10.6 Å². The quantitative estimate of drug-likeness (QED) is 0.864. The third-order valence-electron chi connectivity index (χ3n) is 4.42. The van der Waals surface area contributed by atoms with Gasteiger partial charge in [-0.05, 0) is 48.8 Å². The number of aryl methyl sites for hydroxylation is 1.